The average molecular weight is 367 g/mol. The molecule has 0 radical (unpaired) electrons. The first-order chi connectivity index (χ1) is 12.6. The van der Waals surface area contributed by atoms with Crippen LogP contribution in [0.4, 0.5) is 5.69 Å². The number of carbonyl (C=O) groups excluding carboxylic acids is 2. The average Bonchev–Trinajstić information content (AvgIpc) is 2.91. The van der Waals surface area contributed by atoms with Crippen LogP contribution in [0.1, 0.15) is 12.5 Å². The van der Waals surface area contributed by atoms with E-state index < -0.39 is 11.9 Å². The minimum absolute atomic E-state index is 0.106. The number of benzene rings is 2. The molecule has 26 heavy (non-hydrogen) atoms. The van der Waals surface area contributed by atoms with E-state index in [4.69, 9.17) is 4.74 Å². The van der Waals surface area contributed by atoms with Gasteiger partial charge in [0.2, 0.25) is 0 Å². The molecule has 2 aromatic carbocycles. The molecule has 3 rings (SSSR count). The van der Waals surface area contributed by atoms with E-state index in [0.717, 1.165) is 11.8 Å². The number of thioether (sulfide) groups is 1. The minimum atomic E-state index is -1.05. The van der Waals surface area contributed by atoms with Gasteiger partial charge in [0.15, 0.2) is 11.7 Å². The van der Waals surface area contributed by atoms with Gasteiger partial charge in [-0.1, -0.05) is 42.1 Å². The highest BCUT2D eigenvalue weighted by molar-refractivity contribution is 8.19. The lowest BCUT2D eigenvalue weighted by Gasteiger charge is -2.07. The number of rotatable bonds is 4. The second-order valence-electron chi connectivity index (χ2n) is 5.54. The van der Waals surface area contributed by atoms with E-state index in [0.29, 0.717) is 21.2 Å². The van der Waals surface area contributed by atoms with E-state index in [2.05, 4.69) is 4.99 Å². The number of Topliss-reactive ketones (excluding diaryl/α,β-unsaturated/α-hetero) is 1. The zero-order chi connectivity index (χ0) is 18.5. The molecule has 1 saturated heterocycles. The van der Waals surface area contributed by atoms with E-state index in [1.807, 2.05) is 18.2 Å². The molecule has 132 valence electrons. The van der Waals surface area contributed by atoms with Gasteiger partial charge in [0, 0.05) is 0 Å². The van der Waals surface area contributed by atoms with Gasteiger partial charge in [0.05, 0.1) is 17.2 Å². The summed E-state index contributed by atoms with van der Waals surface area (Å²) in [7, 11) is 0. The normalized spacial score (nSPS) is 19.9. The molecule has 0 saturated carbocycles. The molecule has 5 nitrogen and oxygen atoms in total. The minimum Gasteiger partial charge on any atom is -0.508 e. The highest BCUT2D eigenvalue weighted by atomic mass is 32.2. The van der Waals surface area contributed by atoms with E-state index in [1.54, 1.807) is 49.4 Å². The second kappa shape index (κ2) is 8.01. The fourth-order valence-electron chi connectivity index (χ4n) is 2.49. The summed E-state index contributed by atoms with van der Waals surface area (Å²) < 4.78 is 5.06. The van der Waals surface area contributed by atoms with Gasteiger partial charge >= 0.3 is 5.97 Å². The molecule has 1 fully saturated rings. The number of hydrogen-bond donors (Lipinski definition) is 1. The van der Waals surface area contributed by atoms with Crippen LogP contribution in [0.3, 0.4) is 0 Å². The van der Waals surface area contributed by atoms with Crippen molar-refractivity contribution in [2.45, 2.75) is 6.92 Å². The predicted molar refractivity (Wildman–Crippen MR) is 102 cm³/mol. The maximum absolute atomic E-state index is 12.8. The Hall–Kier alpha value is -2.86. The third-order valence-electron chi connectivity index (χ3n) is 3.65. The summed E-state index contributed by atoms with van der Waals surface area (Å²) in [5.41, 5.74) is 1.33. The monoisotopic (exact) mass is 367 g/mol. The quantitative estimate of drug-likeness (QED) is 0.503. The first kappa shape index (κ1) is 17.9. The second-order valence-corrected chi connectivity index (χ2v) is 6.60. The van der Waals surface area contributed by atoms with Gasteiger partial charge < -0.3 is 9.84 Å². The maximum atomic E-state index is 12.8. The Morgan fingerprint density at radius 3 is 2.69 bits per heavy atom. The number of nitrogens with zero attached hydrogens (tertiary/aromatic N) is 1. The number of ketones is 1. The molecule has 2 aromatic rings. The van der Waals surface area contributed by atoms with Gasteiger partial charge in [-0.15, -0.1) is 0 Å². The van der Waals surface area contributed by atoms with Crippen molar-refractivity contribution >= 4 is 40.3 Å². The Morgan fingerprint density at radius 2 is 2.00 bits per heavy atom. The number of aromatic hydroxyl groups is 1. The molecule has 0 aromatic heterocycles. The fourth-order valence-corrected chi connectivity index (χ4v) is 3.60. The van der Waals surface area contributed by atoms with Crippen LogP contribution < -0.4 is 0 Å². The fraction of sp³-hybridized carbons (Fsp3) is 0.150. The summed E-state index contributed by atoms with van der Waals surface area (Å²) >= 11 is 1.16. The van der Waals surface area contributed by atoms with Crippen molar-refractivity contribution < 1.29 is 19.4 Å². The van der Waals surface area contributed by atoms with Crippen LogP contribution in [0.5, 0.6) is 5.75 Å². The van der Waals surface area contributed by atoms with Gasteiger partial charge in [-0.3, -0.25) is 9.59 Å². The van der Waals surface area contributed by atoms with E-state index >= 15 is 0 Å². The predicted octanol–water partition coefficient (Wildman–Crippen LogP) is 3.96. The Kier molecular flexibility index (Phi) is 5.53. The van der Waals surface area contributed by atoms with Crippen molar-refractivity contribution in [2.24, 2.45) is 10.9 Å². The van der Waals surface area contributed by atoms with Crippen molar-refractivity contribution in [1.29, 1.82) is 0 Å². The van der Waals surface area contributed by atoms with Crippen LogP contribution in [0.2, 0.25) is 0 Å². The van der Waals surface area contributed by atoms with Gasteiger partial charge in [0.1, 0.15) is 10.8 Å². The van der Waals surface area contributed by atoms with Crippen LogP contribution in [-0.4, -0.2) is 28.5 Å². The molecule has 0 spiro atoms. The van der Waals surface area contributed by atoms with Gasteiger partial charge in [0.25, 0.3) is 0 Å². The molecular weight excluding hydrogens is 350 g/mol. The molecule has 6 heteroatoms. The van der Waals surface area contributed by atoms with Crippen LogP contribution in [-0.2, 0) is 14.3 Å². The smallest absolute Gasteiger partial charge is 0.323 e. The van der Waals surface area contributed by atoms with Crippen LogP contribution >= 0.6 is 11.8 Å². The molecule has 0 aliphatic carbocycles. The van der Waals surface area contributed by atoms with Gasteiger partial charge in [-0.25, -0.2) is 4.99 Å². The summed E-state index contributed by atoms with van der Waals surface area (Å²) in [6.07, 6.45) is 1.65. The van der Waals surface area contributed by atoms with Gasteiger partial charge in [-0.2, -0.15) is 0 Å². The summed E-state index contributed by atoms with van der Waals surface area (Å²) in [6, 6.07) is 15.7. The lowest BCUT2D eigenvalue weighted by atomic mass is 10.0. The molecular formula is C20H17NO4S. The highest BCUT2D eigenvalue weighted by Gasteiger charge is 2.42. The first-order valence-electron chi connectivity index (χ1n) is 8.11. The summed E-state index contributed by atoms with van der Waals surface area (Å²) in [6.45, 7) is 1.89. The number of esters is 1. The number of phenols is 1. The van der Waals surface area contributed by atoms with Crippen molar-refractivity contribution in [1.82, 2.24) is 0 Å². The lowest BCUT2D eigenvalue weighted by molar-refractivity contribution is -0.147. The third kappa shape index (κ3) is 4.03. The standard InChI is InChI=1S/C20H17NO4S/c1-2-25-20(24)17-18(23)16(12-13-7-6-10-15(22)11-13)26-19(17)21-14-8-4-3-5-9-14/h3-12,17,22H,2H2,1H3/b16-12-,21-19?. The molecule has 1 N–H and O–H groups in total. The van der Waals surface area contributed by atoms with Crippen LogP contribution in [0.25, 0.3) is 6.08 Å². The summed E-state index contributed by atoms with van der Waals surface area (Å²) in [5, 5.41) is 9.99. The first-order valence-corrected chi connectivity index (χ1v) is 8.93. The number of para-hydroxylation sites is 1. The number of allylic oxidation sites excluding steroid dienone is 1. The van der Waals surface area contributed by atoms with E-state index in [9.17, 15) is 14.7 Å². The topological polar surface area (TPSA) is 76.0 Å². The molecule has 1 atom stereocenters. The maximum Gasteiger partial charge on any atom is 0.323 e. The Bertz CT molecular complexity index is 890. The van der Waals surface area contributed by atoms with E-state index in [-0.39, 0.29) is 18.1 Å². The summed E-state index contributed by atoms with van der Waals surface area (Å²) in [5.74, 6) is -1.89. The van der Waals surface area contributed by atoms with E-state index in [1.165, 1.54) is 0 Å². The third-order valence-corrected chi connectivity index (χ3v) is 4.73. The van der Waals surface area contributed by atoms with Crippen molar-refractivity contribution in [3.8, 4) is 5.75 Å². The molecule has 0 bridgehead atoms. The molecule has 1 aliphatic rings. The SMILES string of the molecule is CCOC(=O)C1C(=O)/C(=C/c2cccc(O)c2)SC1=Nc1ccccc1. The Labute approximate surface area is 155 Å². The number of hydrogen-bond acceptors (Lipinski definition) is 6. The van der Waals surface area contributed by atoms with Crippen molar-refractivity contribution in [3.63, 3.8) is 0 Å². The molecule has 1 heterocycles. The van der Waals surface area contributed by atoms with Crippen molar-refractivity contribution in [3.05, 3.63) is 65.1 Å². The zero-order valence-electron chi connectivity index (χ0n) is 14.1. The number of aliphatic imine (C=N–C) groups is 1. The highest BCUT2D eigenvalue weighted by Crippen LogP contribution is 2.38. The van der Waals surface area contributed by atoms with Gasteiger partial charge in [-0.05, 0) is 42.8 Å². The number of phenolic OH excluding ortho intramolecular Hbond substituents is 1. The van der Waals surface area contributed by atoms with Crippen LogP contribution in [0.15, 0.2) is 64.5 Å². The zero-order valence-corrected chi connectivity index (χ0v) is 14.9. The molecule has 1 aliphatic heterocycles. The van der Waals surface area contributed by atoms with Crippen molar-refractivity contribution in [2.75, 3.05) is 6.61 Å². The largest absolute Gasteiger partial charge is 0.508 e. The number of ether oxygens (including phenoxy) is 1. The lowest BCUT2D eigenvalue weighted by Crippen LogP contribution is -2.27. The number of carbonyl (C=O) groups is 2. The van der Waals surface area contributed by atoms with Crippen LogP contribution in [0, 0.1) is 5.92 Å². The Balaban J connectivity index is 1.99. The Morgan fingerprint density at radius 1 is 1.23 bits per heavy atom. The summed E-state index contributed by atoms with van der Waals surface area (Å²) in [4.78, 5) is 29.9. The molecule has 0 amide bonds. The molecule has 1 unspecified atom stereocenters.